The second-order valence-electron chi connectivity index (χ2n) is 5.97. The number of tetrazole rings is 1. The Morgan fingerprint density at radius 1 is 1.19 bits per heavy atom. The lowest BCUT2D eigenvalue weighted by Gasteiger charge is -2.33. The monoisotopic (exact) mass is 288 g/mol. The summed E-state index contributed by atoms with van der Waals surface area (Å²) in [6.45, 7) is 4.58. The summed E-state index contributed by atoms with van der Waals surface area (Å²) in [5, 5.41) is 12.1. The first-order valence-electron chi connectivity index (χ1n) is 7.06. The van der Waals surface area contributed by atoms with Crippen LogP contribution in [0.1, 0.15) is 19.8 Å². The molecule has 1 aliphatic rings. The highest BCUT2D eigenvalue weighted by Gasteiger charge is 2.29. The number of hydrogen-bond acceptors (Lipinski definition) is 6. The molecule has 7 heteroatoms. The molecule has 1 aliphatic heterocycles. The molecule has 0 amide bonds. The molecule has 112 valence electrons. The van der Waals surface area contributed by atoms with Crippen LogP contribution in [-0.2, 0) is 11.3 Å². The fraction of sp³-hybridized carbons (Fsp3) is 0.500. The van der Waals surface area contributed by atoms with E-state index >= 15 is 0 Å². The Balaban J connectivity index is 1.90. The molecule has 1 aromatic carbocycles. The lowest BCUT2D eigenvalue weighted by atomic mass is 9.82. The minimum atomic E-state index is 0.147. The van der Waals surface area contributed by atoms with Crippen LogP contribution in [0.4, 0.5) is 11.4 Å². The quantitative estimate of drug-likeness (QED) is 0.825. The van der Waals surface area contributed by atoms with Gasteiger partial charge in [0.15, 0.2) is 5.82 Å². The summed E-state index contributed by atoms with van der Waals surface area (Å²) >= 11 is 0. The molecule has 0 aliphatic carbocycles. The Kier molecular flexibility index (Phi) is 3.50. The summed E-state index contributed by atoms with van der Waals surface area (Å²) in [5.74, 6) is 0.696. The second kappa shape index (κ2) is 5.33. The fourth-order valence-corrected chi connectivity index (χ4v) is 2.71. The van der Waals surface area contributed by atoms with E-state index in [0.717, 1.165) is 38.2 Å². The van der Waals surface area contributed by atoms with Gasteiger partial charge < -0.3 is 16.2 Å². The normalized spacial score (nSPS) is 17.8. The highest BCUT2D eigenvalue weighted by Crippen LogP contribution is 2.33. The van der Waals surface area contributed by atoms with Gasteiger partial charge in [0.25, 0.3) is 0 Å². The molecular weight excluding hydrogens is 268 g/mol. The van der Waals surface area contributed by atoms with E-state index in [9.17, 15) is 0 Å². The van der Waals surface area contributed by atoms with E-state index in [4.69, 9.17) is 16.2 Å². The Morgan fingerprint density at radius 3 is 2.52 bits per heavy atom. The molecule has 0 radical (unpaired) electrons. The van der Waals surface area contributed by atoms with E-state index in [1.54, 1.807) is 6.07 Å². The van der Waals surface area contributed by atoms with Gasteiger partial charge in [0.05, 0.1) is 6.54 Å². The van der Waals surface area contributed by atoms with Crippen LogP contribution in [0.15, 0.2) is 18.2 Å². The zero-order valence-electron chi connectivity index (χ0n) is 12.1. The summed E-state index contributed by atoms with van der Waals surface area (Å²) in [7, 11) is 0. The van der Waals surface area contributed by atoms with E-state index in [0.29, 0.717) is 17.2 Å². The van der Waals surface area contributed by atoms with Gasteiger partial charge in [0, 0.05) is 30.2 Å². The maximum absolute atomic E-state index is 5.85. The van der Waals surface area contributed by atoms with E-state index in [-0.39, 0.29) is 5.41 Å². The van der Waals surface area contributed by atoms with Crippen molar-refractivity contribution in [1.82, 2.24) is 20.2 Å². The summed E-state index contributed by atoms with van der Waals surface area (Å²) < 4.78 is 7.27. The van der Waals surface area contributed by atoms with Gasteiger partial charge in [-0.15, -0.1) is 5.10 Å². The van der Waals surface area contributed by atoms with Crippen molar-refractivity contribution in [2.75, 3.05) is 24.7 Å². The first-order chi connectivity index (χ1) is 10.1. The van der Waals surface area contributed by atoms with Gasteiger partial charge in [-0.05, 0) is 46.9 Å². The molecule has 1 saturated heterocycles. The Hall–Kier alpha value is -2.15. The maximum Gasteiger partial charge on any atom is 0.182 e. The van der Waals surface area contributed by atoms with E-state index < -0.39 is 0 Å². The van der Waals surface area contributed by atoms with Gasteiger partial charge in [0.2, 0.25) is 0 Å². The van der Waals surface area contributed by atoms with Crippen molar-refractivity contribution in [3.63, 3.8) is 0 Å². The maximum atomic E-state index is 5.85. The van der Waals surface area contributed by atoms with Crippen LogP contribution >= 0.6 is 0 Å². The van der Waals surface area contributed by atoms with Crippen molar-refractivity contribution < 1.29 is 4.74 Å². The van der Waals surface area contributed by atoms with Crippen LogP contribution in [0.3, 0.4) is 0 Å². The molecule has 0 unspecified atom stereocenters. The molecular formula is C14H20N6O. The van der Waals surface area contributed by atoms with Crippen LogP contribution < -0.4 is 11.5 Å². The zero-order valence-corrected chi connectivity index (χ0v) is 12.1. The predicted octanol–water partition coefficient (Wildman–Crippen LogP) is 1.32. The van der Waals surface area contributed by atoms with E-state index in [1.807, 2.05) is 16.8 Å². The Bertz CT molecular complexity index is 612. The molecule has 2 aromatic rings. The number of ether oxygens (including phenoxy) is 1. The van der Waals surface area contributed by atoms with Gasteiger partial charge in [-0.3, -0.25) is 0 Å². The van der Waals surface area contributed by atoms with Gasteiger partial charge in [-0.1, -0.05) is 6.92 Å². The number of benzene rings is 1. The van der Waals surface area contributed by atoms with Crippen LogP contribution in [0.5, 0.6) is 0 Å². The number of anilines is 2. The number of rotatable bonds is 3. The Morgan fingerprint density at radius 2 is 1.86 bits per heavy atom. The van der Waals surface area contributed by atoms with Crippen molar-refractivity contribution in [2.45, 2.75) is 26.3 Å². The third-order valence-corrected chi connectivity index (χ3v) is 4.00. The number of nitrogen functional groups attached to an aromatic ring is 2. The van der Waals surface area contributed by atoms with Crippen molar-refractivity contribution in [1.29, 1.82) is 0 Å². The summed E-state index contributed by atoms with van der Waals surface area (Å²) in [4.78, 5) is 0. The molecule has 1 aromatic heterocycles. The SMILES string of the molecule is CC1(Cn2nnnc2-c2cc(N)cc(N)c2)CCOCC1. The molecule has 0 bridgehead atoms. The largest absolute Gasteiger partial charge is 0.399 e. The van der Waals surface area contributed by atoms with Crippen molar-refractivity contribution in [3.8, 4) is 11.4 Å². The third-order valence-electron chi connectivity index (χ3n) is 4.00. The van der Waals surface area contributed by atoms with Gasteiger partial charge >= 0.3 is 0 Å². The minimum Gasteiger partial charge on any atom is -0.399 e. The Labute approximate surface area is 123 Å². The van der Waals surface area contributed by atoms with E-state index in [1.165, 1.54) is 0 Å². The molecule has 21 heavy (non-hydrogen) atoms. The highest BCUT2D eigenvalue weighted by molar-refractivity contribution is 5.67. The third kappa shape index (κ3) is 2.97. The zero-order chi connectivity index (χ0) is 14.9. The molecule has 0 spiro atoms. The topological polar surface area (TPSA) is 105 Å². The first-order valence-corrected chi connectivity index (χ1v) is 7.06. The van der Waals surface area contributed by atoms with Crippen molar-refractivity contribution >= 4 is 11.4 Å². The molecule has 4 N–H and O–H groups in total. The van der Waals surface area contributed by atoms with Crippen molar-refractivity contribution in [2.24, 2.45) is 5.41 Å². The molecule has 2 heterocycles. The average molecular weight is 288 g/mol. The molecule has 0 atom stereocenters. The number of hydrogen-bond donors (Lipinski definition) is 2. The van der Waals surface area contributed by atoms with Crippen molar-refractivity contribution in [3.05, 3.63) is 18.2 Å². The first kappa shape index (κ1) is 13.8. The molecule has 3 rings (SSSR count). The lowest BCUT2D eigenvalue weighted by molar-refractivity contribution is 0.0138. The smallest absolute Gasteiger partial charge is 0.182 e. The van der Waals surface area contributed by atoms with Crippen LogP contribution in [0.25, 0.3) is 11.4 Å². The molecule has 0 saturated carbocycles. The fourth-order valence-electron chi connectivity index (χ4n) is 2.71. The van der Waals surface area contributed by atoms with Crippen LogP contribution in [0, 0.1) is 5.41 Å². The molecule has 1 fully saturated rings. The van der Waals surface area contributed by atoms with E-state index in [2.05, 4.69) is 22.4 Å². The summed E-state index contributed by atoms with van der Waals surface area (Å²) in [6.07, 6.45) is 2.01. The van der Waals surface area contributed by atoms with Gasteiger partial charge in [-0.25, -0.2) is 4.68 Å². The average Bonchev–Trinajstić information content (AvgIpc) is 2.85. The van der Waals surface area contributed by atoms with Crippen LogP contribution in [0.2, 0.25) is 0 Å². The minimum absolute atomic E-state index is 0.147. The number of nitrogens with zero attached hydrogens (tertiary/aromatic N) is 4. The van der Waals surface area contributed by atoms with Crippen LogP contribution in [-0.4, -0.2) is 33.4 Å². The van der Waals surface area contributed by atoms with Gasteiger partial charge in [0.1, 0.15) is 0 Å². The number of aromatic nitrogens is 4. The second-order valence-corrected chi connectivity index (χ2v) is 5.97. The molecule has 7 nitrogen and oxygen atoms in total. The standard InChI is InChI=1S/C14H20N6O/c1-14(2-4-21-5-3-14)9-20-13(17-18-19-20)10-6-11(15)8-12(16)7-10/h6-8H,2-5,9,15-16H2,1H3. The predicted molar refractivity (Wildman–Crippen MR) is 80.2 cm³/mol. The lowest BCUT2D eigenvalue weighted by Crippen LogP contribution is -2.31. The highest BCUT2D eigenvalue weighted by atomic mass is 16.5. The number of nitrogens with two attached hydrogens (primary N) is 2. The summed E-state index contributed by atoms with van der Waals surface area (Å²) in [5.41, 5.74) is 13.9. The summed E-state index contributed by atoms with van der Waals surface area (Å²) in [6, 6.07) is 5.40. The van der Waals surface area contributed by atoms with Gasteiger partial charge in [-0.2, -0.15) is 0 Å².